The molecule has 0 bridgehead atoms. The number of aliphatic hydroxyl groups excluding tert-OH is 1. The highest BCUT2D eigenvalue weighted by atomic mass is 19.1. The summed E-state index contributed by atoms with van der Waals surface area (Å²) in [5.41, 5.74) is 0.592. The number of halogens is 1. The van der Waals surface area contributed by atoms with Crippen LogP contribution in [0.25, 0.3) is 11.3 Å². The van der Waals surface area contributed by atoms with Crippen LogP contribution < -0.4 is 0 Å². The van der Waals surface area contributed by atoms with Crippen LogP contribution in [-0.2, 0) is 16.1 Å². The standard InChI is InChI=1S/C16H17FN2O4/c1-22-16(21)13-6-12(20)8-19(13)9-15-18-7-14(23-15)10-3-2-4-11(17)5-10/h2-5,7,12-13,20H,6,8-9H2,1H3/t12-,13-/m0/s1. The zero-order chi connectivity index (χ0) is 16.4. The van der Waals surface area contributed by atoms with E-state index in [1.54, 1.807) is 17.0 Å². The molecule has 122 valence electrons. The lowest BCUT2D eigenvalue weighted by Gasteiger charge is -2.19. The first-order chi connectivity index (χ1) is 11.1. The van der Waals surface area contributed by atoms with Crippen LogP contribution in [0.15, 0.2) is 34.9 Å². The second kappa shape index (κ2) is 6.47. The van der Waals surface area contributed by atoms with Gasteiger partial charge in [0.05, 0.1) is 26.0 Å². The molecule has 1 aromatic carbocycles. The molecule has 1 aliphatic rings. The third kappa shape index (κ3) is 3.40. The molecule has 1 aliphatic heterocycles. The summed E-state index contributed by atoms with van der Waals surface area (Å²) in [6.45, 7) is 0.615. The number of methoxy groups -OCH3 is 1. The number of rotatable bonds is 4. The number of carbonyl (C=O) groups excluding carboxylic acids is 1. The zero-order valence-electron chi connectivity index (χ0n) is 12.6. The van der Waals surface area contributed by atoms with E-state index >= 15 is 0 Å². The van der Waals surface area contributed by atoms with E-state index in [1.807, 2.05) is 0 Å². The van der Waals surface area contributed by atoms with Gasteiger partial charge in [0.25, 0.3) is 0 Å². The number of hydrogen-bond acceptors (Lipinski definition) is 6. The lowest BCUT2D eigenvalue weighted by atomic mass is 10.2. The Hall–Kier alpha value is -2.25. The quantitative estimate of drug-likeness (QED) is 0.862. The molecule has 23 heavy (non-hydrogen) atoms. The number of esters is 1. The highest BCUT2D eigenvalue weighted by Gasteiger charge is 2.37. The van der Waals surface area contributed by atoms with Crippen molar-refractivity contribution in [3.8, 4) is 11.3 Å². The Bertz CT molecular complexity index is 703. The van der Waals surface area contributed by atoms with Crippen molar-refractivity contribution in [3.05, 3.63) is 42.2 Å². The fraction of sp³-hybridized carbons (Fsp3) is 0.375. The van der Waals surface area contributed by atoms with E-state index in [-0.39, 0.29) is 12.4 Å². The number of aromatic nitrogens is 1. The second-order valence-corrected chi connectivity index (χ2v) is 5.49. The lowest BCUT2D eigenvalue weighted by Crippen LogP contribution is -2.36. The van der Waals surface area contributed by atoms with Gasteiger partial charge in [-0.2, -0.15) is 0 Å². The van der Waals surface area contributed by atoms with Gasteiger partial charge in [-0.15, -0.1) is 0 Å². The summed E-state index contributed by atoms with van der Waals surface area (Å²) in [6.07, 6.45) is 1.25. The van der Waals surface area contributed by atoms with Gasteiger partial charge in [0.1, 0.15) is 11.9 Å². The van der Waals surface area contributed by atoms with Crippen molar-refractivity contribution in [2.75, 3.05) is 13.7 Å². The Labute approximate surface area is 132 Å². The van der Waals surface area contributed by atoms with E-state index in [0.717, 1.165) is 0 Å². The van der Waals surface area contributed by atoms with Crippen LogP contribution in [0.5, 0.6) is 0 Å². The molecule has 0 unspecified atom stereocenters. The summed E-state index contributed by atoms with van der Waals surface area (Å²) in [5, 5.41) is 9.76. The van der Waals surface area contributed by atoms with E-state index in [2.05, 4.69) is 4.98 Å². The van der Waals surface area contributed by atoms with Crippen molar-refractivity contribution < 1.29 is 23.4 Å². The molecule has 0 aliphatic carbocycles. The van der Waals surface area contributed by atoms with Crippen LogP contribution in [0.3, 0.4) is 0 Å². The van der Waals surface area contributed by atoms with Gasteiger partial charge < -0.3 is 14.3 Å². The van der Waals surface area contributed by atoms with Gasteiger partial charge in [-0.1, -0.05) is 12.1 Å². The molecular formula is C16H17FN2O4. The maximum absolute atomic E-state index is 13.3. The molecule has 0 radical (unpaired) electrons. The Kier molecular flexibility index (Phi) is 4.40. The molecule has 1 fully saturated rings. The minimum Gasteiger partial charge on any atom is -0.468 e. The summed E-state index contributed by atoms with van der Waals surface area (Å²) in [5.74, 6) is 0.105. The van der Waals surface area contributed by atoms with E-state index in [1.165, 1.54) is 25.4 Å². The van der Waals surface area contributed by atoms with Gasteiger partial charge in [-0.25, -0.2) is 9.37 Å². The van der Waals surface area contributed by atoms with Crippen molar-refractivity contribution in [2.45, 2.75) is 25.1 Å². The number of carbonyl (C=O) groups is 1. The topological polar surface area (TPSA) is 75.8 Å². The average molecular weight is 320 g/mol. The summed E-state index contributed by atoms with van der Waals surface area (Å²) >= 11 is 0. The van der Waals surface area contributed by atoms with Gasteiger partial charge >= 0.3 is 5.97 Å². The minimum atomic E-state index is -0.586. The molecule has 7 heteroatoms. The normalized spacial score (nSPS) is 21.5. The predicted octanol–water partition coefficient (Wildman–Crippen LogP) is 1.59. The van der Waals surface area contributed by atoms with Crippen LogP contribution in [0.4, 0.5) is 4.39 Å². The second-order valence-electron chi connectivity index (χ2n) is 5.49. The first-order valence-corrected chi connectivity index (χ1v) is 7.27. The number of likely N-dealkylation sites (tertiary alicyclic amines) is 1. The predicted molar refractivity (Wildman–Crippen MR) is 78.7 cm³/mol. The molecule has 1 aromatic heterocycles. The molecule has 6 nitrogen and oxygen atoms in total. The molecule has 2 atom stereocenters. The number of nitrogens with zero attached hydrogens (tertiary/aromatic N) is 2. The molecule has 0 saturated carbocycles. The summed E-state index contributed by atoms with van der Waals surface area (Å²) in [7, 11) is 1.32. The molecule has 1 N–H and O–H groups in total. The fourth-order valence-corrected chi connectivity index (χ4v) is 2.77. The number of hydrogen-bond donors (Lipinski definition) is 1. The Morgan fingerprint density at radius 3 is 3.13 bits per heavy atom. The molecule has 0 amide bonds. The van der Waals surface area contributed by atoms with Crippen LogP contribution in [0.2, 0.25) is 0 Å². The number of oxazole rings is 1. The Morgan fingerprint density at radius 2 is 2.39 bits per heavy atom. The zero-order valence-corrected chi connectivity index (χ0v) is 12.6. The van der Waals surface area contributed by atoms with Crippen molar-refractivity contribution in [2.24, 2.45) is 0 Å². The molecule has 1 saturated heterocycles. The van der Waals surface area contributed by atoms with Gasteiger partial charge in [0.2, 0.25) is 5.89 Å². The number of benzene rings is 1. The molecule has 3 rings (SSSR count). The molecule has 2 aromatic rings. The van der Waals surface area contributed by atoms with Gasteiger partial charge in [0.15, 0.2) is 5.76 Å². The van der Waals surface area contributed by atoms with Crippen LogP contribution in [-0.4, -0.2) is 46.8 Å². The SMILES string of the molecule is COC(=O)[C@@H]1C[C@H](O)CN1Cc1ncc(-c2cccc(F)c2)o1. The van der Waals surface area contributed by atoms with Gasteiger partial charge in [-0.3, -0.25) is 9.69 Å². The largest absolute Gasteiger partial charge is 0.468 e. The van der Waals surface area contributed by atoms with Crippen LogP contribution >= 0.6 is 0 Å². The maximum Gasteiger partial charge on any atom is 0.323 e. The van der Waals surface area contributed by atoms with E-state index < -0.39 is 18.1 Å². The first kappa shape index (κ1) is 15.6. The summed E-state index contributed by atoms with van der Waals surface area (Å²) in [4.78, 5) is 17.7. The Morgan fingerprint density at radius 1 is 1.57 bits per heavy atom. The minimum absolute atomic E-state index is 0.270. The lowest BCUT2D eigenvalue weighted by molar-refractivity contribution is -0.146. The summed E-state index contributed by atoms with van der Waals surface area (Å²) < 4.78 is 23.6. The van der Waals surface area contributed by atoms with Gasteiger partial charge in [0, 0.05) is 18.5 Å². The van der Waals surface area contributed by atoms with Crippen molar-refractivity contribution in [1.82, 2.24) is 9.88 Å². The van der Waals surface area contributed by atoms with E-state index in [4.69, 9.17) is 9.15 Å². The van der Waals surface area contributed by atoms with E-state index in [9.17, 15) is 14.3 Å². The van der Waals surface area contributed by atoms with Gasteiger partial charge in [-0.05, 0) is 12.1 Å². The van der Waals surface area contributed by atoms with Crippen LogP contribution in [0.1, 0.15) is 12.3 Å². The monoisotopic (exact) mass is 320 g/mol. The van der Waals surface area contributed by atoms with Crippen LogP contribution in [0, 0.1) is 5.82 Å². The third-order valence-corrected chi connectivity index (χ3v) is 3.86. The third-order valence-electron chi connectivity index (χ3n) is 3.86. The fourth-order valence-electron chi connectivity index (χ4n) is 2.77. The first-order valence-electron chi connectivity index (χ1n) is 7.27. The number of ether oxygens (including phenoxy) is 1. The molecule has 0 spiro atoms. The average Bonchev–Trinajstić information content (AvgIpc) is 3.14. The molecular weight excluding hydrogens is 303 g/mol. The van der Waals surface area contributed by atoms with E-state index in [0.29, 0.717) is 30.2 Å². The highest BCUT2D eigenvalue weighted by molar-refractivity contribution is 5.76. The Balaban J connectivity index is 1.75. The van der Waals surface area contributed by atoms with Crippen molar-refractivity contribution in [3.63, 3.8) is 0 Å². The number of aliphatic hydroxyl groups is 1. The summed E-state index contributed by atoms with van der Waals surface area (Å²) in [6, 6.07) is 5.52. The van der Waals surface area contributed by atoms with Crippen molar-refractivity contribution >= 4 is 5.97 Å². The maximum atomic E-state index is 13.3. The molecule has 2 heterocycles. The van der Waals surface area contributed by atoms with Crippen molar-refractivity contribution in [1.29, 1.82) is 0 Å². The smallest absolute Gasteiger partial charge is 0.323 e. The highest BCUT2D eigenvalue weighted by Crippen LogP contribution is 2.25. The number of β-amino-alcohol motifs (C(OH)–C–C–N with tert-alkyl or cyclic N) is 1.